The average molecular weight is 413 g/mol. The van der Waals surface area contributed by atoms with Crippen molar-refractivity contribution in [3.63, 3.8) is 0 Å². The van der Waals surface area contributed by atoms with Gasteiger partial charge in [0.2, 0.25) is 5.91 Å². The summed E-state index contributed by atoms with van der Waals surface area (Å²) in [4.78, 5) is 32.6. The Morgan fingerprint density at radius 1 is 1.27 bits per heavy atom. The van der Waals surface area contributed by atoms with Gasteiger partial charge in [-0.3, -0.25) is 9.48 Å². The Balaban J connectivity index is 1.24. The van der Waals surface area contributed by atoms with Gasteiger partial charge in [0.25, 0.3) is 0 Å². The molecule has 2 aliphatic heterocycles. The zero-order valence-electron chi connectivity index (χ0n) is 17.1. The minimum absolute atomic E-state index is 0.0952. The topological polar surface area (TPSA) is 89.8 Å². The Morgan fingerprint density at radius 2 is 2.03 bits per heavy atom. The Bertz CT molecular complexity index is 850. The number of amides is 2. The van der Waals surface area contributed by atoms with Crippen LogP contribution in [0.5, 0.6) is 5.75 Å². The van der Waals surface area contributed by atoms with Gasteiger partial charge in [0.05, 0.1) is 25.6 Å². The number of para-hydroxylation sites is 1. The first-order chi connectivity index (χ1) is 14.5. The summed E-state index contributed by atoms with van der Waals surface area (Å²) in [6.45, 7) is 5.01. The molecule has 2 aliphatic rings. The molecule has 9 nitrogen and oxygen atoms in total. The van der Waals surface area contributed by atoms with Gasteiger partial charge in [0.1, 0.15) is 30.6 Å². The SMILES string of the molecule is C[C@H](Cn1cncn1)C(=O)N1CCC2(CC1)CN(CCOc1ccccc1)C(=O)O2. The van der Waals surface area contributed by atoms with Crippen molar-refractivity contribution >= 4 is 12.0 Å². The summed E-state index contributed by atoms with van der Waals surface area (Å²) >= 11 is 0. The summed E-state index contributed by atoms with van der Waals surface area (Å²) in [5, 5.41) is 4.06. The first-order valence-electron chi connectivity index (χ1n) is 10.3. The van der Waals surface area contributed by atoms with Gasteiger partial charge >= 0.3 is 6.09 Å². The molecule has 30 heavy (non-hydrogen) atoms. The number of benzene rings is 1. The van der Waals surface area contributed by atoms with Crippen molar-refractivity contribution in [2.45, 2.75) is 31.9 Å². The second-order valence-electron chi connectivity index (χ2n) is 7.98. The normalized spacial score (nSPS) is 19.0. The van der Waals surface area contributed by atoms with Crippen LogP contribution in [0.2, 0.25) is 0 Å². The Hall–Kier alpha value is -3.10. The Morgan fingerprint density at radius 3 is 2.73 bits per heavy atom. The zero-order chi connectivity index (χ0) is 21.0. The van der Waals surface area contributed by atoms with Crippen molar-refractivity contribution in [3.8, 4) is 5.75 Å². The van der Waals surface area contributed by atoms with Crippen LogP contribution in [0.1, 0.15) is 19.8 Å². The van der Waals surface area contributed by atoms with Crippen molar-refractivity contribution in [2.24, 2.45) is 5.92 Å². The predicted molar refractivity (Wildman–Crippen MR) is 108 cm³/mol. The maximum atomic E-state index is 12.8. The lowest BCUT2D eigenvalue weighted by Crippen LogP contribution is -2.50. The number of piperidine rings is 1. The molecule has 9 heteroatoms. The maximum absolute atomic E-state index is 12.8. The van der Waals surface area contributed by atoms with Gasteiger partial charge in [-0.05, 0) is 12.1 Å². The van der Waals surface area contributed by atoms with Crippen LogP contribution in [0.3, 0.4) is 0 Å². The number of aromatic nitrogens is 3. The van der Waals surface area contributed by atoms with E-state index < -0.39 is 5.60 Å². The second-order valence-corrected chi connectivity index (χ2v) is 7.98. The minimum atomic E-state index is -0.504. The number of hydrogen-bond donors (Lipinski definition) is 0. The van der Waals surface area contributed by atoms with Gasteiger partial charge in [0, 0.05) is 25.9 Å². The molecule has 1 aromatic heterocycles. The van der Waals surface area contributed by atoms with Gasteiger partial charge in [-0.15, -0.1) is 0 Å². The van der Waals surface area contributed by atoms with E-state index in [9.17, 15) is 9.59 Å². The third-order valence-corrected chi connectivity index (χ3v) is 5.75. The summed E-state index contributed by atoms with van der Waals surface area (Å²) in [6.07, 6.45) is 4.08. The van der Waals surface area contributed by atoms with E-state index in [0.717, 1.165) is 5.75 Å². The first kappa shape index (κ1) is 20.2. The fourth-order valence-electron chi connectivity index (χ4n) is 4.05. The van der Waals surface area contributed by atoms with Crippen molar-refractivity contribution < 1.29 is 19.1 Å². The molecule has 160 valence electrons. The summed E-state index contributed by atoms with van der Waals surface area (Å²) in [6, 6.07) is 9.54. The number of ether oxygens (including phenoxy) is 2. The van der Waals surface area contributed by atoms with E-state index in [2.05, 4.69) is 10.1 Å². The van der Waals surface area contributed by atoms with Crippen LogP contribution in [-0.4, -0.2) is 75.0 Å². The van der Waals surface area contributed by atoms with Crippen LogP contribution >= 0.6 is 0 Å². The molecule has 2 fully saturated rings. The molecule has 0 unspecified atom stereocenters. The molecule has 3 heterocycles. The second kappa shape index (κ2) is 8.73. The molecular formula is C21H27N5O4. The van der Waals surface area contributed by atoms with E-state index in [-0.39, 0.29) is 17.9 Å². The lowest BCUT2D eigenvalue weighted by molar-refractivity contribution is -0.138. The van der Waals surface area contributed by atoms with Crippen molar-refractivity contribution in [2.75, 3.05) is 32.8 Å². The molecule has 1 atom stereocenters. The number of carbonyl (C=O) groups excluding carboxylic acids is 2. The number of rotatable bonds is 7. The number of nitrogens with zero attached hydrogens (tertiary/aromatic N) is 5. The molecular weight excluding hydrogens is 386 g/mol. The highest BCUT2D eigenvalue weighted by molar-refractivity contribution is 5.78. The fourth-order valence-corrected chi connectivity index (χ4v) is 4.05. The summed E-state index contributed by atoms with van der Waals surface area (Å²) in [5.41, 5.74) is -0.504. The van der Waals surface area contributed by atoms with Crippen molar-refractivity contribution in [3.05, 3.63) is 43.0 Å². The van der Waals surface area contributed by atoms with Crippen LogP contribution in [0, 0.1) is 5.92 Å². The molecule has 1 aromatic carbocycles. The highest BCUT2D eigenvalue weighted by atomic mass is 16.6. The van der Waals surface area contributed by atoms with Crippen LogP contribution < -0.4 is 4.74 Å². The van der Waals surface area contributed by atoms with Gasteiger partial charge in [-0.2, -0.15) is 5.10 Å². The minimum Gasteiger partial charge on any atom is -0.492 e. The quantitative estimate of drug-likeness (QED) is 0.688. The maximum Gasteiger partial charge on any atom is 0.410 e. The van der Waals surface area contributed by atoms with E-state index in [1.54, 1.807) is 15.9 Å². The number of carbonyl (C=O) groups is 2. The smallest absolute Gasteiger partial charge is 0.410 e. The largest absolute Gasteiger partial charge is 0.492 e. The molecule has 0 bridgehead atoms. The van der Waals surface area contributed by atoms with Gasteiger partial charge < -0.3 is 19.3 Å². The molecule has 2 amide bonds. The first-order valence-corrected chi connectivity index (χ1v) is 10.3. The molecule has 0 saturated carbocycles. The van der Waals surface area contributed by atoms with Crippen LogP contribution in [0.25, 0.3) is 0 Å². The van der Waals surface area contributed by atoms with Crippen LogP contribution in [-0.2, 0) is 16.1 Å². The zero-order valence-corrected chi connectivity index (χ0v) is 17.1. The Labute approximate surface area is 175 Å². The van der Waals surface area contributed by atoms with Crippen LogP contribution in [0.15, 0.2) is 43.0 Å². The summed E-state index contributed by atoms with van der Waals surface area (Å²) in [7, 11) is 0. The van der Waals surface area contributed by atoms with Crippen molar-refractivity contribution in [1.29, 1.82) is 0 Å². The van der Waals surface area contributed by atoms with Gasteiger partial charge in [0.15, 0.2) is 0 Å². The summed E-state index contributed by atoms with van der Waals surface area (Å²) < 4.78 is 13.1. The average Bonchev–Trinajstić information content (AvgIpc) is 3.37. The lowest BCUT2D eigenvalue weighted by Gasteiger charge is -2.38. The third-order valence-electron chi connectivity index (χ3n) is 5.75. The molecule has 4 rings (SSSR count). The lowest BCUT2D eigenvalue weighted by atomic mass is 9.90. The highest BCUT2D eigenvalue weighted by Crippen LogP contribution is 2.33. The Kier molecular flexibility index (Phi) is 5.87. The van der Waals surface area contributed by atoms with E-state index in [0.29, 0.717) is 52.2 Å². The molecule has 1 spiro atoms. The number of hydrogen-bond acceptors (Lipinski definition) is 6. The predicted octanol–water partition coefficient (Wildman–Crippen LogP) is 1.81. The van der Waals surface area contributed by atoms with E-state index >= 15 is 0 Å². The fraction of sp³-hybridized carbons (Fsp3) is 0.524. The van der Waals surface area contributed by atoms with Crippen LogP contribution in [0.4, 0.5) is 4.79 Å². The highest BCUT2D eigenvalue weighted by Gasteiger charge is 2.47. The van der Waals surface area contributed by atoms with Crippen molar-refractivity contribution in [1.82, 2.24) is 24.6 Å². The van der Waals surface area contributed by atoms with E-state index in [1.807, 2.05) is 42.2 Å². The van der Waals surface area contributed by atoms with E-state index in [1.165, 1.54) is 6.33 Å². The standard InChI is InChI=1S/C21H27N5O4/c1-17(13-26-16-22-15-23-26)19(27)24-9-7-21(8-10-24)14-25(20(28)30-21)11-12-29-18-5-3-2-4-6-18/h2-6,15-17H,7-14H2,1H3/t17-/m1/s1. The van der Waals surface area contributed by atoms with Gasteiger partial charge in [-0.25, -0.2) is 9.78 Å². The molecule has 0 radical (unpaired) electrons. The molecule has 0 aliphatic carbocycles. The summed E-state index contributed by atoms with van der Waals surface area (Å²) in [5.74, 6) is 0.697. The molecule has 0 N–H and O–H groups in total. The third kappa shape index (κ3) is 4.55. The molecule has 2 aromatic rings. The van der Waals surface area contributed by atoms with E-state index in [4.69, 9.17) is 9.47 Å². The molecule has 2 saturated heterocycles. The van der Waals surface area contributed by atoms with Gasteiger partial charge in [-0.1, -0.05) is 25.1 Å². The number of likely N-dealkylation sites (tertiary alicyclic amines) is 1. The monoisotopic (exact) mass is 413 g/mol.